The quantitative estimate of drug-likeness (QED) is 0.817. The van der Waals surface area contributed by atoms with Crippen LogP contribution in [0.2, 0.25) is 5.15 Å². The average Bonchev–Trinajstić information content (AvgIpc) is 2.49. The smallest absolute Gasteiger partial charge is 0.161 e. The van der Waals surface area contributed by atoms with Gasteiger partial charge in [-0.25, -0.2) is 4.98 Å². The van der Waals surface area contributed by atoms with Gasteiger partial charge in [-0.2, -0.15) is 0 Å². The van der Waals surface area contributed by atoms with E-state index in [0.29, 0.717) is 18.3 Å². The summed E-state index contributed by atoms with van der Waals surface area (Å²) in [6, 6.07) is 7.84. The van der Waals surface area contributed by atoms with E-state index in [1.807, 2.05) is 38.1 Å². The summed E-state index contributed by atoms with van der Waals surface area (Å²) >= 11 is 6.07. The van der Waals surface area contributed by atoms with E-state index >= 15 is 0 Å². The number of anilines is 1. The lowest BCUT2D eigenvalue weighted by molar-refractivity contribution is 0.310. The summed E-state index contributed by atoms with van der Waals surface area (Å²) in [6.07, 6.45) is 1.74. The fourth-order valence-electron chi connectivity index (χ4n) is 1.97. The number of halogens is 1. The predicted molar refractivity (Wildman–Crippen MR) is 85.5 cm³/mol. The van der Waals surface area contributed by atoms with Crippen LogP contribution in [0.15, 0.2) is 30.5 Å². The summed E-state index contributed by atoms with van der Waals surface area (Å²) in [4.78, 5) is 4.12. The number of nitrogens with zero attached hydrogens (tertiary/aromatic N) is 1. The number of benzene rings is 1. The molecule has 0 aliphatic carbocycles. The lowest BCUT2D eigenvalue weighted by atomic mass is 10.2. The minimum absolute atomic E-state index is 0.471. The van der Waals surface area contributed by atoms with E-state index in [1.165, 1.54) is 0 Å². The molecule has 0 radical (unpaired) electrons. The van der Waals surface area contributed by atoms with Crippen molar-refractivity contribution < 1.29 is 9.47 Å². The number of methoxy groups -OCH3 is 1. The highest BCUT2D eigenvalue weighted by Crippen LogP contribution is 2.28. The molecule has 0 saturated carbocycles. The van der Waals surface area contributed by atoms with Gasteiger partial charge in [0.05, 0.1) is 19.4 Å². The number of aryl methyl sites for hydroxylation is 1. The van der Waals surface area contributed by atoms with Gasteiger partial charge in [-0.05, 0) is 43.2 Å². The summed E-state index contributed by atoms with van der Waals surface area (Å²) in [5.74, 6) is 1.48. The van der Waals surface area contributed by atoms with Crippen LogP contribution in [0, 0.1) is 6.92 Å². The Kier molecular flexibility index (Phi) is 5.28. The maximum Gasteiger partial charge on any atom is 0.161 e. The molecule has 21 heavy (non-hydrogen) atoms. The van der Waals surface area contributed by atoms with Gasteiger partial charge in [-0.1, -0.05) is 17.7 Å². The highest BCUT2D eigenvalue weighted by Gasteiger charge is 2.06. The first-order valence-electron chi connectivity index (χ1n) is 6.79. The molecule has 0 saturated heterocycles. The largest absolute Gasteiger partial charge is 0.493 e. The molecular weight excluding hydrogens is 288 g/mol. The summed E-state index contributed by atoms with van der Waals surface area (Å²) in [6.45, 7) is 5.17. The Labute approximate surface area is 130 Å². The molecule has 2 aromatic rings. The first-order valence-corrected chi connectivity index (χ1v) is 7.17. The monoisotopic (exact) mass is 306 g/mol. The lowest BCUT2D eigenvalue weighted by Crippen LogP contribution is -2.02. The molecule has 0 atom stereocenters. The molecule has 5 heteroatoms. The zero-order chi connectivity index (χ0) is 15.2. The molecule has 1 aromatic heterocycles. The molecule has 0 unspecified atom stereocenters. The van der Waals surface area contributed by atoms with Crippen LogP contribution in [0.1, 0.15) is 18.1 Å². The Morgan fingerprint density at radius 2 is 2.05 bits per heavy atom. The first kappa shape index (κ1) is 15.4. The Balaban J connectivity index is 2.11. The molecule has 0 spiro atoms. The van der Waals surface area contributed by atoms with Crippen LogP contribution in [-0.4, -0.2) is 18.7 Å². The van der Waals surface area contributed by atoms with Crippen molar-refractivity contribution >= 4 is 17.3 Å². The molecule has 0 aliphatic heterocycles. The van der Waals surface area contributed by atoms with Crippen LogP contribution in [0.3, 0.4) is 0 Å². The van der Waals surface area contributed by atoms with Crippen LogP contribution >= 0.6 is 11.6 Å². The number of rotatable bonds is 6. The number of aromatic nitrogens is 1. The second-order valence-electron chi connectivity index (χ2n) is 4.62. The van der Waals surface area contributed by atoms with Gasteiger partial charge in [0.1, 0.15) is 0 Å². The van der Waals surface area contributed by atoms with Crippen molar-refractivity contribution in [3.63, 3.8) is 0 Å². The zero-order valence-corrected chi connectivity index (χ0v) is 13.2. The van der Waals surface area contributed by atoms with Gasteiger partial charge in [0, 0.05) is 12.7 Å². The van der Waals surface area contributed by atoms with E-state index in [4.69, 9.17) is 21.1 Å². The number of ether oxygens (including phenoxy) is 2. The van der Waals surface area contributed by atoms with Crippen LogP contribution in [0.5, 0.6) is 11.5 Å². The van der Waals surface area contributed by atoms with E-state index in [1.54, 1.807) is 13.3 Å². The number of hydrogen-bond acceptors (Lipinski definition) is 4. The van der Waals surface area contributed by atoms with E-state index < -0.39 is 0 Å². The molecule has 0 amide bonds. The summed E-state index contributed by atoms with van der Waals surface area (Å²) in [7, 11) is 1.64. The van der Waals surface area contributed by atoms with Crippen molar-refractivity contribution in [3.05, 3.63) is 46.7 Å². The zero-order valence-electron chi connectivity index (χ0n) is 12.4. The normalized spacial score (nSPS) is 10.3. The summed E-state index contributed by atoms with van der Waals surface area (Å²) < 4.78 is 10.8. The van der Waals surface area contributed by atoms with Crippen LogP contribution in [0.25, 0.3) is 0 Å². The van der Waals surface area contributed by atoms with E-state index in [-0.39, 0.29) is 0 Å². The lowest BCUT2D eigenvalue weighted by Gasteiger charge is -2.12. The Morgan fingerprint density at radius 3 is 2.76 bits per heavy atom. The standard InChI is InChI=1S/C16H19ClN2O2/c1-4-21-14-6-5-12(8-15(14)20-3)10-18-13-7-11(2)9-19-16(13)17/h5-9,18H,4,10H2,1-3H3. The molecular formula is C16H19ClN2O2. The van der Waals surface area contributed by atoms with Crippen molar-refractivity contribution in [1.82, 2.24) is 4.98 Å². The maximum absolute atomic E-state index is 6.07. The molecule has 0 bridgehead atoms. The highest BCUT2D eigenvalue weighted by atomic mass is 35.5. The first-order chi connectivity index (χ1) is 10.1. The number of hydrogen-bond donors (Lipinski definition) is 1. The van der Waals surface area contributed by atoms with E-state index in [9.17, 15) is 0 Å². The topological polar surface area (TPSA) is 43.4 Å². The minimum atomic E-state index is 0.471. The van der Waals surface area contributed by atoms with Gasteiger partial charge < -0.3 is 14.8 Å². The predicted octanol–water partition coefficient (Wildman–Crippen LogP) is 4.06. The highest BCUT2D eigenvalue weighted by molar-refractivity contribution is 6.31. The molecule has 1 N–H and O–H groups in total. The third-order valence-electron chi connectivity index (χ3n) is 2.99. The summed E-state index contributed by atoms with van der Waals surface area (Å²) in [5, 5.41) is 3.75. The van der Waals surface area contributed by atoms with Gasteiger partial charge in [-0.3, -0.25) is 0 Å². The molecule has 1 aromatic carbocycles. The number of nitrogens with one attached hydrogen (secondary N) is 1. The molecule has 0 fully saturated rings. The molecule has 1 heterocycles. The molecule has 0 aliphatic rings. The number of pyridine rings is 1. The molecule has 112 valence electrons. The fraction of sp³-hybridized carbons (Fsp3) is 0.312. The second kappa shape index (κ2) is 7.18. The van der Waals surface area contributed by atoms with Gasteiger partial charge in [0.15, 0.2) is 16.7 Å². The Hall–Kier alpha value is -1.94. The van der Waals surface area contributed by atoms with Crippen LogP contribution in [-0.2, 0) is 6.54 Å². The van der Waals surface area contributed by atoms with Crippen molar-refractivity contribution in [3.8, 4) is 11.5 Å². The maximum atomic E-state index is 6.07. The SMILES string of the molecule is CCOc1ccc(CNc2cc(C)cnc2Cl)cc1OC. The summed E-state index contributed by atoms with van der Waals surface area (Å²) in [5.41, 5.74) is 2.96. The Bertz CT molecular complexity index is 617. The van der Waals surface area contributed by atoms with Crippen molar-refractivity contribution in [2.75, 3.05) is 19.0 Å². The van der Waals surface area contributed by atoms with Gasteiger partial charge in [-0.15, -0.1) is 0 Å². The van der Waals surface area contributed by atoms with Gasteiger partial charge in [0.25, 0.3) is 0 Å². The Morgan fingerprint density at radius 1 is 1.24 bits per heavy atom. The minimum Gasteiger partial charge on any atom is -0.493 e. The third kappa shape index (κ3) is 4.02. The van der Waals surface area contributed by atoms with Crippen molar-refractivity contribution in [1.29, 1.82) is 0 Å². The van der Waals surface area contributed by atoms with Crippen LogP contribution in [0.4, 0.5) is 5.69 Å². The third-order valence-corrected chi connectivity index (χ3v) is 3.29. The second-order valence-corrected chi connectivity index (χ2v) is 4.98. The van der Waals surface area contributed by atoms with Crippen molar-refractivity contribution in [2.24, 2.45) is 0 Å². The fourth-order valence-corrected chi connectivity index (χ4v) is 2.14. The molecule has 4 nitrogen and oxygen atoms in total. The molecule has 2 rings (SSSR count). The van der Waals surface area contributed by atoms with Gasteiger partial charge >= 0.3 is 0 Å². The van der Waals surface area contributed by atoms with E-state index in [2.05, 4.69) is 10.3 Å². The average molecular weight is 307 g/mol. The van der Waals surface area contributed by atoms with Crippen LogP contribution < -0.4 is 14.8 Å². The van der Waals surface area contributed by atoms with Gasteiger partial charge in [0.2, 0.25) is 0 Å². The van der Waals surface area contributed by atoms with Crippen molar-refractivity contribution in [2.45, 2.75) is 20.4 Å². The van der Waals surface area contributed by atoms with E-state index in [0.717, 1.165) is 28.3 Å².